The predicted octanol–water partition coefficient (Wildman–Crippen LogP) is 5.88. The lowest BCUT2D eigenvalue weighted by Gasteiger charge is -2.32. The van der Waals surface area contributed by atoms with Gasteiger partial charge < -0.3 is 14.8 Å². The topological polar surface area (TPSA) is 97.1 Å². The van der Waals surface area contributed by atoms with E-state index in [1.54, 1.807) is 24.5 Å². The molecule has 0 unspecified atom stereocenters. The molecule has 0 fully saturated rings. The van der Waals surface area contributed by atoms with Crippen LogP contribution in [-0.4, -0.2) is 33.8 Å². The molecule has 0 saturated heterocycles. The Bertz CT molecular complexity index is 1210. The normalized spacial score (nSPS) is 13.2. The zero-order chi connectivity index (χ0) is 24.9. The molecule has 1 atom stereocenters. The highest BCUT2D eigenvalue weighted by Crippen LogP contribution is 2.31. The number of ether oxygens (including phenoxy) is 2. The molecule has 1 amide bonds. The molecule has 1 aromatic carbocycles. The number of carbonyl (C=O) groups excluding carboxylic acids is 1. The van der Waals surface area contributed by atoms with Crippen molar-refractivity contribution in [3.8, 4) is 22.9 Å². The fourth-order valence-corrected chi connectivity index (χ4v) is 3.90. The van der Waals surface area contributed by atoms with E-state index in [2.05, 4.69) is 35.2 Å². The van der Waals surface area contributed by atoms with Crippen LogP contribution in [0.3, 0.4) is 0 Å². The first-order valence-electron chi connectivity index (χ1n) is 11.4. The molecule has 7 heteroatoms. The van der Waals surface area contributed by atoms with E-state index in [-0.39, 0.29) is 12.5 Å². The number of nitrogens with zero attached hydrogens (tertiary/aromatic N) is 3. The molecule has 0 aliphatic rings. The fourth-order valence-electron chi connectivity index (χ4n) is 3.90. The van der Waals surface area contributed by atoms with Gasteiger partial charge in [0.2, 0.25) is 0 Å². The zero-order valence-corrected chi connectivity index (χ0v) is 20.7. The fraction of sp³-hybridized carbons (Fsp3) is 0.407. The monoisotopic (exact) mass is 460 g/mol. The summed E-state index contributed by atoms with van der Waals surface area (Å²) in [6, 6.07) is 13.3. The highest BCUT2D eigenvalue weighted by atomic mass is 16.6. The van der Waals surface area contributed by atoms with Crippen molar-refractivity contribution in [1.82, 2.24) is 15.3 Å². The van der Waals surface area contributed by atoms with Gasteiger partial charge in [0.05, 0.1) is 16.6 Å². The summed E-state index contributed by atoms with van der Waals surface area (Å²) >= 11 is 0. The summed E-state index contributed by atoms with van der Waals surface area (Å²) in [4.78, 5) is 21.3. The van der Waals surface area contributed by atoms with Crippen LogP contribution >= 0.6 is 0 Å². The number of nitriles is 1. The SMILES string of the molecule is CC(C)C[C@@](C)(COc1ccc(-c2ccnc3cccnc23)cc1C#N)OC(=O)NC(C)(C)C. The van der Waals surface area contributed by atoms with E-state index >= 15 is 0 Å². The van der Waals surface area contributed by atoms with Crippen LogP contribution in [-0.2, 0) is 4.74 Å². The van der Waals surface area contributed by atoms with Crippen LogP contribution in [0.4, 0.5) is 4.79 Å². The highest BCUT2D eigenvalue weighted by Gasteiger charge is 2.32. The molecule has 3 aromatic rings. The number of benzene rings is 1. The van der Waals surface area contributed by atoms with E-state index in [0.717, 1.165) is 22.2 Å². The molecule has 2 aromatic heterocycles. The minimum Gasteiger partial charge on any atom is -0.488 e. The van der Waals surface area contributed by atoms with Crippen molar-refractivity contribution in [1.29, 1.82) is 5.26 Å². The second-order valence-corrected chi connectivity index (χ2v) is 10.2. The van der Waals surface area contributed by atoms with Crippen LogP contribution in [0.1, 0.15) is 53.5 Å². The van der Waals surface area contributed by atoms with E-state index in [4.69, 9.17) is 9.47 Å². The summed E-state index contributed by atoms with van der Waals surface area (Å²) in [6.45, 7) is 11.8. The third-order valence-corrected chi connectivity index (χ3v) is 5.10. The molecule has 0 saturated carbocycles. The average Bonchev–Trinajstić information content (AvgIpc) is 2.75. The Morgan fingerprint density at radius 1 is 1.12 bits per heavy atom. The van der Waals surface area contributed by atoms with Gasteiger partial charge in [-0.25, -0.2) is 4.79 Å². The molecule has 0 bridgehead atoms. The number of alkyl carbamates (subject to hydrolysis) is 1. The molecule has 0 aliphatic heterocycles. The Balaban J connectivity index is 1.84. The second kappa shape index (κ2) is 10.1. The summed E-state index contributed by atoms with van der Waals surface area (Å²) in [5, 5.41) is 12.6. The van der Waals surface area contributed by atoms with Crippen LogP contribution in [0, 0.1) is 17.2 Å². The number of hydrogen-bond donors (Lipinski definition) is 1. The first-order chi connectivity index (χ1) is 16.0. The minimum absolute atomic E-state index is 0.122. The predicted molar refractivity (Wildman–Crippen MR) is 132 cm³/mol. The molecule has 3 rings (SSSR count). The lowest BCUT2D eigenvalue weighted by atomic mass is 9.94. The largest absolute Gasteiger partial charge is 0.488 e. The summed E-state index contributed by atoms with van der Waals surface area (Å²) in [5.74, 6) is 0.716. The molecule has 178 valence electrons. The smallest absolute Gasteiger partial charge is 0.408 e. The van der Waals surface area contributed by atoms with Gasteiger partial charge in [-0.05, 0) is 75.9 Å². The Morgan fingerprint density at radius 3 is 2.56 bits per heavy atom. The second-order valence-electron chi connectivity index (χ2n) is 10.2. The molecular weight excluding hydrogens is 428 g/mol. The van der Waals surface area contributed by atoms with Crippen molar-refractivity contribution in [3.63, 3.8) is 0 Å². The maximum Gasteiger partial charge on any atom is 0.408 e. The highest BCUT2D eigenvalue weighted by molar-refractivity contribution is 5.91. The number of nitrogens with one attached hydrogen (secondary N) is 1. The molecule has 0 spiro atoms. The first kappa shape index (κ1) is 25.0. The van der Waals surface area contributed by atoms with E-state index in [9.17, 15) is 10.1 Å². The summed E-state index contributed by atoms with van der Waals surface area (Å²) in [5.41, 5.74) is 2.41. The number of rotatable bonds is 7. The van der Waals surface area contributed by atoms with Crippen LogP contribution in [0.25, 0.3) is 22.2 Å². The zero-order valence-electron chi connectivity index (χ0n) is 20.7. The Labute approximate surface area is 201 Å². The summed E-state index contributed by atoms with van der Waals surface area (Å²) < 4.78 is 11.8. The van der Waals surface area contributed by atoms with Gasteiger partial charge in [-0.15, -0.1) is 0 Å². The molecular formula is C27H32N4O3. The van der Waals surface area contributed by atoms with Gasteiger partial charge >= 0.3 is 6.09 Å². The van der Waals surface area contributed by atoms with Crippen molar-refractivity contribution in [2.75, 3.05) is 6.61 Å². The van der Waals surface area contributed by atoms with Gasteiger partial charge in [0.25, 0.3) is 0 Å². The summed E-state index contributed by atoms with van der Waals surface area (Å²) in [6.07, 6.45) is 3.57. The number of hydrogen-bond acceptors (Lipinski definition) is 6. The molecule has 0 radical (unpaired) electrons. The van der Waals surface area contributed by atoms with Crippen molar-refractivity contribution in [2.24, 2.45) is 5.92 Å². The van der Waals surface area contributed by atoms with E-state index < -0.39 is 17.2 Å². The van der Waals surface area contributed by atoms with Gasteiger partial charge in [0.15, 0.2) is 0 Å². The third kappa shape index (κ3) is 6.44. The lowest BCUT2D eigenvalue weighted by molar-refractivity contribution is -0.0250. The van der Waals surface area contributed by atoms with Crippen LogP contribution in [0.15, 0.2) is 48.8 Å². The van der Waals surface area contributed by atoms with Gasteiger partial charge in [-0.1, -0.05) is 19.9 Å². The van der Waals surface area contributed by atoms with E-state index in [1.165, 1.54) is 0 Å². The first-order valence-corrected chi connectivity index (χ1v) is 11.4. The number of aromatic nitrogens is 2. The number of carbonyl (C=O) groups is 1. The van der Waals surface area contributed by atoms with Crippen LogP contribution in [0.5, 0.6) is 5.75 Å². The minimum atomic E-state index is -0.861. The van der Waals surface area contributed by atoms with Crippen molar-refractivity contribution >= 4 is 17.1 Å². The molecule has 0 aliphatic carbocycles. The van der Waals surface area contributed by atoms with Crippen molar-refractivity contribution in [3.05, 3.63) is 54.4 Å². The standard InChI is InChI=1S/C27H32N4O3/c1-18(2)15-27(6,34-25(32)31-26(3,4)5)17-33-23-10-9-19(14-20(23)16-28)21-11-13-29-22-8-7-12-30-24(21)22/h7-14,18H,15,17H2,1-6H3,(H,31,32)/t27-/m0/s1. The van der Waals surface area contributed by atoms with Gasteiger partial charge in [-0.3, -0.25) is 9.97 Å². The lowest BCUT2D eigenvalue weighted by Crippen LogP contribution is -2.47. The number of pyridine rings is 2. The van der Waals surface area contributed by atoms with Crippen LogP contribution < -0.4 is 10.1 Å². The van der Waals surface area contributed by atoms with Crippen LogP contribution in [0.2, 0.25) is 0 Å². The Morgan fingerprint density at radius 2 is 1.88 bits per heavy atom. The summed E-state index contributed by atoms with van der Waals surface area (Å²) in [7, 11) is 0. The molecule has 34 heavy (non-hydrogen) atoms. The average molecular weight is 461 g/mol. The van der Waals surface area contributed by atoms with Gasteiger partial charge in [0, 0.05) is 23.5 Å². The van der Waals surface area contributed by atoms with E-state index in [0.29, 0.717) is 17.7 Å². The van der Waals surface area contributed by atoms with Gasteiger partial charge in [0.1, 0.15) is 24.0 Å². The Hall–Kier alpha value is -3.66. The molecule has 7 nitrogen and oxygen atoms in total. The maximum absolute atomic E-state index is 12.4. The quantitative estimate of drug-likeness (QED) is 0.473. The van der Waals surface area contributed by atoms with Gasteiger partial charge in [-0.2, -0.15) is 5.26 Å². The molecule has 2 heterocycles. The molecule has 1 N–H and O–H groups in total. The number of amides is 1. The number of fused-ring (bicyclic) bond motifs is 1. The Kier molecular flexibility index (Phi) is 7.41. The van der Waals surface area contributed by atoms with Crippen molar-refractivity contribution < 1.29 is 14.3 Å². The maximum atomic E-state index is 12.4. The van der Waals surface area contributed by atoms with E-state index in [1.807, 2.05) is 52.0 Å². The van der Waals surface area contributed by atoms with Crippen molar-refractivity contribution in [2.45, 2.75) is 59.1 Å². The third-order valence-electron chi connectivity index (χ3n) is 5.10.